The molecule has 0 aliphatic heterocycles. The number of ether oxygens (including phenoxy) is 2. The summed E-state index contributed by atoms with van der Waals surface area (Å²) in [4.78, 5) is 0. The molecule has 0 radical (unpaired) electrons. The van der Waals surface area contributed by atoms with E-state index in [0.29, 0.717) is 5.75 Å². The Hall–Kier alpha value is -2.00. The number of rotatable bonds is 5. The number of aliphatic hydroxyl groups excluding tert-OH is 1. The SMILES string of the molecule is CCc1ccc(Oc2ccc([C@H](C)O)cc2)c(OC)c1. The van der Waals surface area contributed by atoms with Crippen LogP contribution in [-0.2, 0) is 6.42 Å². The summed E-state index contributed by atoms with van der Waals surface area (Å²) in [6.07, 6.45) is 0.488. The zero-order valence-electron chi connectivity index (χ0n) is 12.1. The minimum atomic E-state index is -0.470. The average Bonchev–Trinajstić information content (AvgIpc) is 2.48. The molecule has 3 nitrogen and oxygen atoms in total. The largest absolute Gasteiger partial charge is 0.493 e. The van der Waals surface area contributed by atoms with Gasteiger partial charge in [-0.1, -0.05) is 25.1 Å². The highest BCUT2D eigenvalue weighted by molar-refractivity contribution is 5.45. The molecule has 0 aliphatic carbocycles. The zero-order chi connectivity index (χ0) is 14.5. The van der Waals surface area contributed by atoms with Crippen LogP contribution in [0.5, 0.6) is 17.2 Å². The molecular weight excluding hydrogens is 252 g/mol. The lowest BCUT2D eigenvalue weighted by Crippen LogP contribution is -1.93. The minimum absolute atomic E-state index is 0.470. The molecule has 1 N–H and O–H groups in total. The van der Waals surface area contributed by atoms with E-state index in [4.69, 9.17) is 9.47 Å². The van der Waals surface area contributed by atoms with E-state index in [1.54, 1.807) is 14.0 Å². The van der Waals surface area contributed by atoms with Gasteiger partial charge in [0, 0.05) is 0 Å². The highest BCUT2D eigenvalue weighted by Crippen LogP contribution is 2.32. The molecule has 0 amide bonds. The Morgan fingerprint density at radius 2 is 1.75 bits per heavy atom. The van der Waals surface area contributed by atoms with Gasteiger partial charge in [-0.2, -0.15) is 0 Å². The summed E-state index contributed by atoms with van der Waals surface area (Å²) in [5, 5.41) is 9.48. The molecule has 0 aliphatic rings. The van der Waals surface area contributed by atoms with Gasteiger partial charge < -0.3 is 14.6 Å². The van der Waals surface area contributed by atoms with Crippen LogP contribution in [0.3, 0.4) is 0 Å². The van der Waals surface area contributed by atoms with Gasteiger partial charge in [-0.3, -0.25) is 0 Å². The second-order valence-electron chi connectivity index (χ2n) is 4.69. The van der Waals surface area contributed by atoms with Crippen LogP contribution in [-0.4, -0.2) is 12.2 Å². The Labute approximate surface area is 119 Å². The lowest BCUT2D eigenvalue weighted by Gasteiger charge is -2.12. The van der Waals surface area contributed by atoms with Crippen LogP contribution in [0.25, 0.3) is 0 Å². The number of benzene rings is 2. The van der Waals surface area contributed by atoms with Crippen molar-refractivity contribution >= 4 is 0 Å². The number of aliphatic hydroxyl groups is 1. The molecule has 2 rings (SSSR count). The molecule has 2 aromatic rings. The molecule has 0 fully saturated rings. The van der Waals surface area contributed by atoms with Gasteiger partial charge in [0.1, 0.15) is 5.75 Å². The van der Waals surface area contributed by atoms with Crippen molar-refractivity contribution in [1.82, 2.24) is 0 Å². The Bertz CT molecular complexity index is 559. The highest BCUT2D eigenvalue weighted by atomic mass is 16.5. The summed E-state index contributed by atoms with van der Waals surface area (Å²) in [7, 11) is 1.64. The van der Waals surface area contributed by atoms with Crippen LogP contribution in [0.2, 0.25) is 0 Å². The van der Waals surface area contributed by atoms with Gasteiger partial charge in [0.15, 0.2) is 11.5 Å². The van der Waals surface area contributed by atoms with Crippen molar-refractivity contribution in [2.45, 2.75) is 26.4 Å². The van der Waals surface area contributed by atoms with E-state index in [-0.39, 0.29) is 0 Å². The van der Waals surface area contributed by atoms with Gasteiger partial charge in [0.05, 0.1) is 13.2 Å². The molecule has 106 valence electrons. The molecule has 2 aromatic carbocycles. The maximum absolute atomic E-state index is 9.48. The number of hydrogen-bond donors (Lipinski definition) is 1. The molecule has 1 atom stereocenters. The fourth-order valence-corrected chi connectivity index (χ4v) is 1.96. The predicted molar refractivity (Wildman–Crippen MR) is 79.5 cm³/mol. The van der Waals surface area contributed by atoms with Gasteiger partial charge in [-0.25, -0.2) is 0 Å². The van der Waals surface area contributed by atoms with Crippen LogP contribution in [0.1, 0.15) is 31.1 Å². The van der Waals surface area contributed by atoms with Crippen LogP contribution in [0, 0.1) is 0 Å². The minimum Gasteiger partial charge on any atom is -0.493 e. The molecule has 0 spiro atoms. The van der Waals surface area contributed by atoms with Gasteiger partial charge >= 0.3 is 0 Å². The van der Waals surface area contributed by atoms with Gasteiger partial charge in [-0.05, 0) is 48.7 Å². The molecule has 20 heavy (non-hydrogen) atoms. The van der Waals surface area contributed by atoms with Gasteiger partial charge in [-0.15, -0.1) is 0 Å². The molecule has 0 unspecified atom stereocenters. The average molecular weight is 272 g/mol. The molecule has 0 saturated carbocycles. The lowest BCUT2D eigenvalue weighted by atomic mass is 10.1. The fraction of sp³-hybridized carbons (Fsp3) is 0.294. The summed E-state index contributed by atoms with van der Waals surface area (Å²) in [6, 6.07) is 13.3. The van der Waals surface area contributed by atoms with Crippen LogP contribution in [0.15, 0.2) is 42.5 Å². The van der Waals surface area contributed by atoms with E-state index in [2.05, 4.69) is 6.92 Å². The third kappa shape index (κ3) is 3.31. The first-order chi connectivity index (χ1) is 9.63. The molecule has 3 heteroatoms. The number of hydrogen-bond acceptors (Lipinski definition) is 3. The molecule has 0 saturated heterocycles. The standard InChI is InChI=1S/C17H20O3/c1-4-13-5-10-16(17(11-13)19-3)20-15-8-6-14(7-9-15)12(2)18/h5-12,18H,4H2,1-3H3/t12-/m0/s1. The normalized spacial score (nSPS) is 12.0. The van der Waals surface area contributed by atoms with Crippen LogP contribution in [0.4, 0.5) is 0 Å². The topological polar surface area (TPSA) is 38.7 Å². The van der Waals surface area contributed by atoms with Crippen molar-refractivity contribution in [3.63, 3.8) is 0 Å². The first-order valence-electron chi connectivity index (χ1n) is 6.76. The van der Waals surface area contributed by atoms with E-state index in [9.17, 15) is 5.11 Å². The van der Waals surface area contributed by atoms with Crippen LogP contribution >= 0.6 is 0 Å². The lowest BCUT2D eigenvalue weighted by molar-refractivity contribution is 0.199. The highest BCUT2D eigenvalue weighted by Gasteiger charge is 2.07. The van der Waals surface area contributed by atoms with Crippen molar-refractivity contribution in [3.8, 4) is 17.2 Å². The smallest absolute Gasteiger partial charge is 0.169 e. The Morgan fingerprint density at radius 3 is 2.30 bits per heavy atom. The quantitative estimate of drug-likeness (QED) is 0.890. The summed E-state index contributed by atoms with van der Waals surface area (Å²) < 4.78 is 11.2. The second kappa shape index (κ2) is 6.44. The Balaban J connectivity index is 2.20. The van der Waals surface area contributed by atoms with E-state index in [1.807, 2.05) is 42.5 Å². The fourth-order valence-electron chi connectivity index (χ4n) is 1.96. The van der Waals surface area contributed by atoms with E-state index >= 15 is 0 Å². The molecular formula is C17H20O3. The van der Waals surface area contributed by atoms with E-state index in [1.165, 1.54) is 5.56 Å². The van der Waals surface area contributed by atoms with Crippen molar-refractivity contribution in [1.29, 1.82) is 0 Å². The van der Waals surface area contributed by atoms with Crippen molar-refractivity contribution in [3.05, 3.63) is 53.6 Å². The Kier molecular flexibility index (Phi) is 4.64. The third-order valence-corrected chi connectivity index (χ3v) is 3.23. The van der Waals surface area contributed by atoms with Crippen molar-refractivity contribution in [2.24, 2.45) is 0 Å². The summed E-state index contributed by atoms with van der Waals surface area (Å²) >= 11 is 0. The summed E-state index contributed by atoms with van der Waals surface area (Å²) in [5.41, 5.74) is 2.07. The van der Waals surface area contributed by atoms with E-state index < -0.39 is 6.10 Å². The monoisotopic (exact) mass is 272 g/mol. The molecule has 0 heterocycles. The molecule has 0 bridgehead atoms. The van der Waals surface area contributed by atoms with Gasteiger partial charge in [0.25, 0.3) is 0 Å². The van der Waals surface area contributed by atoms with Crippen molar-refractivity contribution < 1.29 is 14.6 Å². The zero-order valence-corrected chi connectivity index (χ0v) is 12.1. The van der Waals surface area contributed by atoms with Gasteiger partial charge in [0.2, 0.25) is 0 Å². The maximum Gasteiger partial charge on any atom is 0.169 e. The first-order valence-corrected chi connectivity index (χ1v) is 6.76. The Morgan fingerprint density at radius 1 is 1.05 bits per heavy atom. The molecule has 0 aromatic heterocycles. The maximum atomic E-state index is 9.48. The number of aryl methyl sites for hydroxylation is 1. The first kappa shape index (κ1) is 14.4. The van der Waals surface area contributed by atoms with Crippen molar-refractivity contribution in [2.75, 3.05) is 7.11 Å². The third-order valence-electron chi connectivity index (χ3n) is 3.23. The predicted octanol–water partition coefficient (Wildman–Crippen LogP) is 4.10. The van der Waals surface area contributed by atoms with Crippen LogP contribution < -0.4 is 9.47 Å². The second-order valence-corrected chi connectivity index (χ2v) is 4.69. The summed E-state index contributed by atoms with van der Waals surface area (Å²) in [5.74, 6) is 2.13. The number of methoxy groups -OCH3 is 1. The summed E-state index contributed by atoms with van der Waals surface area (Å²) in [6.45, 7) is 3.84. The van der Waals surface area contributed by atoms with E-state index in [0.717, 1.165) is 23.5 Å².